The summed E-state index contributed by atoms with van der Waals surface area (Å²) in [6, 6.07) is 12.8. The minimum atomic E-state index is -0.194. The Morgan fingerprint density at radius 2 is 1.93 bits per heavy atom. The molecular weight excluding hydrogens is 471 g/mol. The molecule has 1 aromatic heterocycles. The first kappa shape index (κ1) is 20.2. The first-order valence-electron chi connectivity index (χ1n) is 8.04. The van der Waals surface area contributed by atoms with Crippen molar-refractivity contribution in [1.29, 1.82) is 0 Å². The normalized spacial score (nSPS) is 10.8. The lowest BCUT2D eigenvalue weighted by Crippen LogP contribution is -2.15. The van der Waals surface area contributed by atoms with E-state index in [0.29, 0.717) is 27.4 Å². The first-order valence-corrected chi connectivity index (χ1v) is 10.6. The number of halogens is 3. The second-order valence-electron chi connectivity index (χ2n) is 5.52. The fourth-order valence-electron chi connectivity index (χ4n) is 2.40. The number of aromatic nitrogens is 3. The Morgan fingerprint density at radius 3 is 2.63 bits per heavy atom. The Bertz CT molecular complexity index is 962. The molecule has 0 atom stereocenters. The third kappa shape index (κ3) is 5.04. The standard InChI is InChI=1S/C18H15BrCl2N4OS/c1-2-25-17(11-3-5-12(19)6-4-11)23-24-18(25)27-10-16(26)22-15-9-13(20)7-8-14(15)21/h3-9H,2,10H2,1H3,(H,22,26). The first-order chi connectivity index (χ1) is 13.0. The van der Waals surface area contributed by atoms with Crippen LogP contribution in [0, 0.1) is 0 Å². The molecule has 0 unspecified atom stereocenters. The summed E-state index contributed by atoms with van der Waals surface area (Å²) in [7, 11) is 0. The molecule has 9 heteroatoms. The van der Waals surface area contributed by atoms with Crippen molar-refractivity contribution >= 4 is 62.5 Å². The number of hydrogen-bond acceptors (Lipinski definition) is 4. The molecule has 0 saturated heterocycles. The van der Waals surface area contributed by atoms with Crippen LogP contribution in [0.1, 0.15) is 6.92 Å². The zero-order valence-corrected chi connectivity index (χ0v) is 18.2. The van der Waals surface area contributed by atoms with Gasteiger partial charge in [-0.15, -0.1) is 10.2 Å². The van der Waals surface area contributed by atoms with Gasteiger partial charge in [0.2, 0.25) is 5.91 Å². The van der Waals surface area contributed by atoms with Crippen molar-refractivity contribution in [3.63, 3.8) is 0 Å². The van der Waals surface area contributed by atoms with Gasteiger partial charge in [0.25, 0.3) is 0 Å². The molecule has 3 rings (SSSR count). The maximum Gasteiger partial charge on any atom is 0.234 e. The van der Waals surface area contributed by atoms with Crippen LogP contribution in [0.3, 0.4) is 0 Å². The fourth-order valence-corrected chi connectivity index (χ4v) is 3.81. The van der Waals surface area contributed by atoms with E-state index in [1.54, 1.807) is 18.2 Å². The number of amides is 1. The van der Waals surface area contributed by atoms with E-state index in [4.69, 9.17) is 23.2 Å². The molecule has 140 valence electrons. The molecule has 5 nitrogen and oxygen atoms in total. The smallest absolute Gasteiger partial charge is 0.234 e. The second-order valence-corrected chi connectivity index (χ2v) is 8.22. The van der Waals surface area contributed by atoms with E-state index < -0.39 is 0 Å². The lowest BCUT2D eigenvalue weighted by atomic mass is 10.2. The Morgan fingerprint density at radius 1 is 1.19 bits per heavy atom. The largest absolute Gasteiger partial charge is 0.324 e. The van der Waals surface area contributed by atoms with Crippen molar-refractivity contribution in [1.82, 2.24) is 14.8 Å². The molecule has 0 aliphatic rings. The van der Waals surface area contributed by atoms with E-state index in [1.165, 1.54) is 11.8 Å². The van der Waals surface area contributed by atoms with E-state index >= 15 is 0 Å². The Hall–Kier alpha value is -1.54. The van der Waals surface area contributed by atoms with Gasteiger partial charge in [-0.1, -0.05) is 63.0 Å². The Kier molecular flexibility index (Phi) is 6.81. The van der Waals surface area contributed by atoms with Gasteiger partial charge in [-0.3, -0.25) is 4.79 Å². The average Bonchev–Trinajstić information content (AvgIpc) is 3.06. The highest BCUT2D eigenvalue weighted by atomic mass is 79.9. The van der Waals surface area contributed by atoms with Crippen LogP contribution in [-0.4, -0.2) is 26.4 Å². The van der Waals surface area contributed by atoms with Gasteiger partial charge in [0.1, 0.15) is 0 Å². The number of rotatable bonds is 6. The summed E-state index contributed by atoms with van der Waals surface area (Å²) in [6.45, 7) is 2.71. The summed E-state index contributed by atoms with van der Waals surface area (Å²) in [5.74, 6) is 0.757. The van der Waals surface area contributed by atoms with E-state index in [0.717, 1.165) is 15.9 Å². The Balaban J connectivity index is 1.70. The van der Waals surface area contributed by atoms with Crippen LogP contribution in [0.25, 0.3) is 11.4 Å². The molecule has 0 fully saturated rings. The summed E-state index contributed by atoms with van der Waals surface area (Å²) in [4.78, 5) is 12.3. The van der Waals surface area contributed by atoms with E-state index in [-0.39, 0.29) is 11.7 Å². The lowest BCUT2D eigenvalue weighted by molar-refractivity contribution is -0.113. The molecule has 0 aliphatic carbocycles. The molecule has 2 aromatic carbocycles. The number of carbonyl (C=O) groups is 1. The van der Waals surface area contributed by atoms with Crippen molar-refractivity contribution in [3.8, 4) is 11.4 Å². The fraction of sp³-hybridized carbons (Fsp3) is 0.167. The van der Waals surface area contributed by atoms with Gasteiger partial charge in [-0.05, 0) is 37.3 Å². The second kappa shape index (κ2) is 9.10. The maximum absolute atomic E-state index is 12.3. The highest BCUT2D eigenvalue weighted by molar-refractivity contribution is 9.10. The Labute approximate surface area is 179 Å². The zero-order chi connectivity index (χ0) is 19.4. The van der Waals surface area contributed by atoms with Crippen molar-refractivity contribution in [3.05, 3.63) is 57.0 Å². The van der Waals surface area contributed by atoms with Crippen LogP contribution in [0.4, 0.5) is 5.69 Å². The average molecular weight is 486 g/mol. The van der Waals surface area contributed by atoms with Gasteiger partial charge in [-0.2, -0.15) is 0 Å². The van der Waals surface area contributed by atoms with Gasteiger partial charge in [0.15, 0.2) is 11.0 Å². The van der Waals surface area contributed by atoms with Crippen molar-refractivity contribution in [2.45, 2.75) is 18.6 Å². The minimum absolute atomic E-state index is 0.182. The third-order valence-corrected chi connectivity index (χ3v) is 5.73. The summed E-state index contributed by atoms with van der Waals surface area (Å²) in [6.07, 6.45) is 0. The highest BCUT2D eigenvalue weighted by Gasteiger charge is 2.15. The summed E-state index contributed by atoms with van der Waals surface area (Å²) in [5, 5.41) is 12.9. The highest BCUT2D eigenvalue weighted by Crippen LogP contribution is 2.27. The van der Waals surface area contributed by atoms with Crippen LogP contribution in [0.5, 0.6) is 0 Å². The van der Waals surface area contributed by atoms with Crippen molar-refractivity contribution < 1.29 is 4.79 Å². The number of benzene rings is 2. The number of hydrogen-bond donors (Lipinski definition) is 1. The number of anilines is 1. The van der Waals surface area contributed by atoms with E-state index in [9.17, 15) is 4.79 Å². The molecule has 1 heterocycles. The summed E-state index contributed by atoms with van der Waals surface area (Å²) < 4.78 is 2.98. The van der Waals surface area contributed by atoms with Crippen molar-refractivity contribution in [2.75, 3.05) is 11.1 Å². The van der Waals surface area contributed by atoms with Crippen LogP contribution in [0.15, 0.2) is 52.1 Å². The summed E-state index contributed by atoms with van der Waals surface area (Å²) >= 11 is 16.8. The van der Waals surface area contributed by atoms with Gasteiger partial charge < -0.3 is 9.88 Å². The van der Waals surface area contributed by atoms with Crippen LogP contribution in [-0.2, 0) is 11.3 Å². The predicted molar refractivity (Wildman–Crippen MR) is 115 cm³/mol. The molecule has 0 aliphatic heterocycles. The maximum atomic E-state index is 12.3. The topological polar surface area (TPSA) is 59.8 Å². The van der Waals surface area contributed by atoms with E-state index in [2.05, 4.69) is 31.4 Å². The van der Waals surface area contributed by atoms with Crippen molar-refractivity contribution in [2.24, 2.45) is 0 Å². The van der Waals surface area contributed by atoms with Gasteiger partial charge >= 0.3 is 0 Å². The lowest BCUT2D eigenvalue weighted by Gasteiger charge is -2.09. The molecular formula is C18H15BrCl2N4OS. The molecule has 3 aromatic rings. The molecule has 1 N–H and O–H groups in total. The third-order valence-electron chi connectivity index (χ3n) is 3.67. The monoisotopic (exact) mass is 484 g/mol. The van der Waals surface area contributed by atoms with Gasteiger partial charge in [0, 0.05) is 21.6 Å². The zero-order valence-electron chi connectivity index (χ0n) is 14.2. The number of nitrogens with zero attached hydrogens (tertiary/aromatic N) is 3. The molecule has 0 saturated carbocycles. The molecule has 1 amide bonds. The van der Waals surface area contributed by atoms with E-state index in [1.807, 2.05) is 35.8 Å². The van der Waals surface area contributed by atoms with Gasteiger partial charge in [0.05, 0.1) is 16.5 Å². The molecule has 0 spiro atoms. The SMILES string of the molecule is CCn1c(SCC(=O)Nc2cc(Cl)ccc2Cl)nnc1-c1ccc(Br)cc1. The molecule has 27 heavy (non-hydrogen) atoms. The van der Waals surface area contributed by atoms with Gasteiger partial charge in [-0.25, -0.2) is 0 Å². The minimum Gasteiger partial charge on any atom is -0.324 e. The molecule has 0 radical (unpaired) electrons. The number of nitrogens with one attached hydrogen (secondary N) is 1. The number of thioether (sulfide) groups is 1. The van der Waals surface area contributed by atoms with Crippen LogP contribution >= 0.6 is 50.9 Å². The van der Waals surface area contributed by atoms with Crippen LogP contribution in [0.2, 0.25) is 10.0 Å². The predicted octanol–water partition coefficient (Wildman–Crippen LogP) is 5.77. The number of carbonyl (C=O) groups excluding carboxylic acids is 1. The quantitative estimate of drug-likeness (QED) is 0.450. The summed E-state index contributed by atoms with van der Waals surface area (Å²) in [5.41, 5.74) is 1.46. The molecule has 0 bridgehead atoms. The van der Waals surface area contributed by atoms with Crippen LogP contribution < -0.4 is 5.32 Å².